The lowest BCUT2D eigenvalue weighted by Gasteiger charge is -2.28. The second kappa shape index (κ2) is 4.28. The summed E-state index contributed by atoms with van der Waals surface area (Å²) in [5.41, 5.74) is 5.98. The van der Waals surface area contributed by atoms with Crippen LogP contribution in [-0.2, 0) is 0 Å². The van der Waals surface area contributed by atoms with Crippen LogP contribution in [0.1, 0.15) is 32.4 Å². The summed E-state index contributed by atoms with van der Waals surface area (Å²) in [6, 6.07) is 2.23. The van der Waals surface area contributed by atoms with Crippen molar-refractivity contribution < 1.29 is 4.39 Å². The Labute approximate surface area is 99.4 Å². The lowest BCUT2D eigenvalue weighted by molar-refractivity contribution is 0.319. The van der Waals surface area contributed by atoms with Gasteiger partial charge in [-0.2, -0.15) is 0 Å². The van der Waals surface area contributed by atoms with Gasteiger partial charge in [0.2, 0.25) is 0 Å². The summed E-state index contributed by atoms with van der Waals surface area (Å²) in [7, 11) is 0. The van der Waals surface area contributed by atoms with Crippen molar-refractivity contribution in [1.82, 2.24) is 0 Å². The number of hydrogen-bond donors (Lipinski definition) is 1. The van der Waals surface area contributed by atoms with Gasteiger partial charge >= 0.3 is 0 Å². The Morgan fingerprint density at radius 3 is 2.27 bits per heavy atom. The molecule has 0 saturated carbocycles. The molecular weight excluding hydrogens is 236 g/mol. The van der Waals surface area contributed by atoms with Crippen LogP contribution in [0.25, 0.3) is 0 Å². The summed E-state index contributed by atoms with van der Waals surface area (Å²) < 4.78 is 13.6. The van der Waals surface area contributed by atoms with Crippen molar-refractivity contribution in [3.05, 3.63) is 33.6 Å². The molecule has 0 radical (unpaired) electrons. The fourth-order valence-corrected chi connectivity index (χ4v) is 1.70. The predicted octanol–water partition coefficient (Wildman–Crippen LogP) is 4.18. The second-order valence-electron chi connectivity index (χ2n) is 4.60. The van der Waals surface area contributed by atoms with Gasteiger partial charge in [-0.3, -0.25) is 0 Å². The van der Waals surface area contributed by atoms with Gasteiger partial charge in [-0.1, -0.05) is 44.0 Å². The molecule has 1 nitrogen and oxygen atoms in total. The van der Waals surface area contributed by atoms with E-state index in [-0.39, 0.29) is 16.0 Å². The Morgan fingerprint density at radius 1 is 1.27 bits per heavy atom. The molecule has 0 amide bonds. The van der Waals surface area contributed by atoms with Crippen LogP contribution in [-0.4, -0.2) is 0 Å². The topological polar surface area (TPSA) is 26.0 Å². The van der Waals surface area contributed by atoms with Crippen molar-refractivity contribution in [3.8, 4) is 0 Å². The molecule has 1 atom stereocenters. The lowest BCUT2D eigenvalue weighted by Crippen LogP contribution is -2.27. The fourth-order valence-electron chi connectivity index (χ4n) is 1.26. The van der Waals surface area contributed by atoms with E-state index in [2.05, 4.69) is 0 Å². The molecule has 0 fully saturated rings. The van der Waals surface area contributed by atoms with Gasteiger partial charge in [-0.15, -0.1) is 0 Å². The van der Waals surface area contributed by atoms with Gasteiger partial charge in [0.25, 0.3) is 0 Å². The molecule has 0 aliphatic rings. The monoisotopic (exact) mass is 249 g/mol. The first-order valence-electron chi connectivity index (χ1n) is 4.64. The van der Waals surface area contributed by atoms with Gasteiger partial charge in [0.15, 0.2) is 0 Å². The highest BCUT2D eigenvalue weighted by Crippen LogP contribution is 2.38. The first-order chi connectivity index (χ1) is 6.75. The van der Waals surface area contributed by atoms with Crippen LogP contribution in [0, 0.1) is 11.2 Å². The average molecular weight is 250 g/mol. The first kappa shape index (κ1) is 12.8. The zero-order chi connectivity index (χ0) is 11.8. The number of hydrogen-bond acceptors (Lipinski definition) is 1. The maximum atomic E-state index is 13.6. The molecule has 4 heteroatoms. The Balaban J connectivity index is 3.31. The van der Waals surface area contributed by atoms with Gasteiger partial charge in [-0.05, 0) is 17.5 Å². The third-order valence-corrected chi connectivity index (χ3v) is 3.14. The van der Waals surface area contributed by atoms with Crippen LogP contribution < -0.4 is 5.73 Å². The van der Waals surface area contributed by atoms with Crippen LogP contribution in [0.3, 0.4) is 0 Å². The van der Waals surface area contributed by atoms with Crippen LogP contribution >= 0.6 is 23.2 Å². The molecular formula is C11H14Cl2FN. The van der Waals surface area contributed by atoms with Gasteiger partial charge in [0.05, 0.1) is 10.0 Å². The Kier molecular flexibility index (Phi) is 3.64. The van der Waals surface area contributed by atoms with E-state index in [9.17, 15) is 4.39 Å². The van der Waals surface area contributed by atoms with Crippen molar-refractivity contribution in [1.29, 1.82) is 0 Å². The summed E-state index contributed by atoms with van der Waals surface area (Å²) >= 11 is 11.8. The smallest absolute Gasteiger partial charge is 0.129 e. The summed E-state index contributed by atoms with van der Waals surface area (Å²) in [6.07, 6.45) is 0. The summed E-state index contributed by atoms with van der Waals surface area (Å²) in [6.45, 7) is 5.77. The molecule has 1 rings (SSSR count). The Hall–Kier alpha value is -0.310. The van der Waals surface area contributed by atoms with Crippen molar-refractivity contribution in [2.75, 3.05) is 0 Å². The predicted molar refractivity (Wildman–Crippen MR) is 62.8 cm³/mol. The van der Waals surface area contributed by atoms with E-state index in [1.54, 1.807) is 0 Å². The van der Waals surface area contributed by atoms with Gasteiger partial charge in [0.1, 0.15) is 5.82 Å². The van der Waals surface area contributed by atoms with Gasteiger partial charge < -0.3 is 5.73 Å². The molecule has 1 aromatic carbocycles. The lowest BCUT2D eigenvalue weighted by atomic mass is 9.83. The Morgan fingerprint density at radius 2 is 1.80 bits per heavy atom. The van der Waals surface area contributed by atoms with Crippen molar-refractivity contribution in [3.63, 3.8) is 0 Å². The van der Waals surface area contributed by atoms with Crippen molar-refractivity contribution in [2.24, 2.45) is 11.1 Å². The van der Waals surface area contributed by atoms with Gasteiger partial charge in [-0.25, -0.2) is 4.39 Å². The highest BCUT2D eigenvalue weighted by atomic mass is 35.5. The maximum Gasteiger partial charge on any atom is 0.129 e. The minimum absolute atomic E-state index is 0.207. The Bertz CT molecular complexity index is 372. The van der Waals surface area contributed by atoms with E-state index >= 15 is 0 Å². The highest BCUT2D eigenvalue weighted by Gasteiger charge is 2.27. The fraction of sp³-hybridized carbons (Fsp3) is 0.455. The molecule has 84 valence electrons. The van der Waals surface area contributed by atoms with Crippen LogP contribution in [0.4, 0.5) is 4.39 Å². The number of benzene rings is 1. The van der Waals surface area contributed by atoms with E-state index in [0.717, 1.165) is 0 Å². The van der Waals surface area contributed by atoms with Crippen molar-refractivity contribution >= 4 is 23.2 Å². The standard InChI is InChI=1S/C11H14Cl2FN/c1-11(2,3)10(15)8-7(14)5-4-6(12)9(8)13/h4-5,10H,15H2,1-3H3/t10-/m0/s1. The van der Waals surface area contributed by atoms with E-state index < -0.39 is 11.9 Å². The summed E-state index contributed by atoms with van der Waals surface area (Å²) in [5, 5.41) is 0.534. The molecule has 0 aliphatic heterocycles. The highest BCUT2D eigenvalue weighted by molar-refractivity contribution is 6.42. The maximum absolute atomic E-state index is 13.6. The average Bonchev–Trinajstić information content (AvgIpc) is 2.10. The second-order valence-corrected chi connectivity index (χ2v) is 5.39. The number of halogens is 3. The molecule has 0 aliphatic carbocycles. The zero-order valence-corrected chi connectivity index (χ0v) is 10.5. The molecule has 0 aromatic heterocycles. The minimum atomic E-state index is -0.483. The van der Waals surface area contributed by atoms with E-state index in [0.29, 0.717) is 5.02 Å². The third kappa shape index (κ3) is 2.63. The quantitative estimate of drug-likeness (QED) is 0.743. The normalized spacial score (nSPS) is 14.1. The minimum Gasteiger partial charge on any atom is -0.323 e. The van der Waals surface area contributed by atoms with E-state index in [1.165, 1.54) is 12.1 Å². The van der Waals surface area contributed by atoms with Crippen LogP contribution in [0.5, 0.6) is 0 Å². The molecule has 1 aromatic rings. The van der Waals surface area contributed by atoms with Gasteiger partial charge in [0, 0.05) is 11.6 Å². The number of nitrogens with two attached hydrogens (primary N) is 1. The van der Waals surface area contributed by atoms with Crippen LogP contribution in [0.2, 0.25) is 10.0 Å². The summed E-state index contributed by atoms with van der Waals surface area (Å²) in [5.74, 6) is -0.410. The molecule has 2 N–H and O–H groups in total. The number of rotatable bonds is 1. The molecule has 0 unspecified atom stereocenters. The van der Waals surface area contributed by atoms with Crippen LogP contribution in [0.15, 0.2) is 12.1 Å². The molecule has 0 spiro atoms. The van der Waals surface area contributed by atoms with E-state index in [4.69, 9.17) is 28.9 Å². The molecule has 15 heavy (non-hydrogen) atoms. The third-order valence-electron chi connectivity index (χ3n) is 2.32. The SMILES string of the molecule is CC(C)(C)[C@@H](N)c1c(F)ccc(Cl)c1Cl. The molecule has 0 heterocycles. The summed E-state index contributed by atoms with van der Waals surface area (Å²) in [4.78, 5) is 0. The molecule has 0 saturated heterocycles. The first-order valence-corrected chi connectivity index (χ1v) is 5.39. The van der Waals surface area contributed by atoms with E-state index in [1.807, 2.05) is 20.8 Å². The van der Waals surface area contributed by atoms with Crippen molar-refractivity contribution in [2.45, 2.75) is 26.8 Å². The zero-order valence-electron chi connectivity index (χ0n) is 8.94. The molecule has 0 bridgehead atoms. The largest absolute Gasteiger partial charge is 0.323 e.